The molecular formula is C98H136N20O25S6. The Morgan fingerprint density at radius 1 is 0.396 bits per heavy atom. The minimum Gasteiger partial charge on any atom is -0.492 e. The number of methoxy groups -OCH3 is 1. The highest BCUT2D eigenvalue weighted by molar-refractivity contribution is 7.91. The largest absolute Gasteiger partial charge is 0.492 e. The highest BCUT2D eigenvalue weighted by atomic mass is 32.2. The summed E-state index contributed by atoms with van der Waals surface area (Å²) in [6.45, 7) is 27.7. The highest BCUT2D eigenvalue weighted by Crippen LogP contribution is 2.38. The van der Waals surface area contributed by atoms with Crippen LogP contribution in [0.25, 0.3) is 0 Å². The zero-order chi connectivity index (χ0) is 109. The molecule has 16 N–H and O–H groups in total. The van der Waals surface area contributed by atoms with Crippen LogP contribution in [-0.4, -0.2) is 268 Å². The normalized spacial score (nSPS) is 19.8. The summed E-state index contributed by atoms with van der Waals surface area (Å²) in [5, 5.41) is 11.6. The van der Waals surface area contributed by atoms with Gasteiger partial charge in [0.2, 0.25) is 23.6 Å². The summed E-state index contributed by atoms with van der Waals surface area (Å²) in [5.41, 5.74) is 39.8. The number of fused-ring (bicyclic) bond motifs is 6. The Labute approximate surface area is 870 Å². The van der Waals surface area contributed by atoms with E-state index in [0.29, 0.717) is 167 Å². The van der Waals surface area contributed by atoms with Gasteiger partial charge in [-0.25, -0.2) is 60.1 Å². The van der Waals surface area contributed by atoms with Crippen molar-refractivity contribution >= 4 is 131 Å². The number of carbonyl (C=O) groups is 6. The zero-order valence-corrected chi connectivity index (χ0v) is 90.8. The van der Waals surface area contributed by atoms with Crippen LogP contribution in [0.15, 0.2) is 136 Å². The van der Waals surface area contributed by atoms with Gasteiger partial charge in [-0.3, -0.25) is 19.2 Å². The SMILES string of the molecule is CC(=O)N1CCC[C@H]1COc1cccc2c1C(N)=NS(=O)(=O)C2.CC(C)(C)NC(=O)N1CCC[C@@H]1COc1cccc2c1C(N)=NS(=O)(=O)C2.CC(C)NC(=O)N1CCC[C@@H]1COc1cccc2c1C(N)=NS(=O)(=O)C2.CCC(=O)N1CCC[C@H]1COc1cccc2c1C(N)=NS(=O)(=O)C2.CCCC(=O)NC(C)(C)COc1cccc2c1C(N)=NS(=O)(=O)C2.COCCNC(=O)C(C)(C)COc1cccc2c1C(N)=NS(=O)(=O)C2. The first-order valence-electron chi connectivity index (χ1n) is 48.7. The lowest BCUT2D eigenvalue weighted by molar-refractivity contribution is -0.132. The molecule has 10 aliphatic heterocycles. The van der Waals surface area contributed by atoms with Crippen molar-refractivity contribution in [1.29, 1.82) is 0 Å². The van der Waals surface area contributed by atoms with Crippen molar-refractivity contribution in [2.24, 2.45) is 66.2 Å². The topological polar surface area (TPSA) is 663 Å². The smallest absolute Gasteiger partial charge is 0.318 e. The van der Waals surface area contributed by atoms with Gasteiger partial charge >= 0.3 is 12.1 Å². The summed E-state index contributed by atoms with van der Waals surface area (Å²) in [5.74, 6) is 1.33. The van der Waals surface area contributed by atoms with Crippen LogP contribution < -0.4 is 84.1 Å². The molecule has 0 aliphatic carbocycles. The number of urea groups is 2. The summed E-state index contributed by atoms with van der Waals surface area (Å²) in [6, 6.07) is 30.8. The molecule has 0 aromatic heterocycles. The number of ether oxygens (including phenoxy) is 7. The molecule has 0 spiro atoms. The maximum Gasteiger partial charge on any atom is 0.318 e. The lowest BCUT2D eigenvalue weighted by Gasteiger charge is -2.30. The number of benzene rings is 6. The number of nitrogens with one attached hydrogen (secondary N) is 4. The van der Waals surface area contributed by atoms with E-state index in [-0.39, 0.29) is 154 Å². The fourth-order valence-electron chi connectivity index (χ4n) is 18.0. The molecule has 149 heavy (non-hydrogen) atoms. The highest BCUT2D eigenvalue weighted by Gasteiger charge is 2.40. The van der Waals surface area contributed by atoms with Gasteiger partial charge in [0.25, 0.3) is 60.1 Å². The molecular weight excluding hydrogens is 2050 g/mol. The summed E-state index contributed by atoms with van der Waals surface area (Å²) in [6.07, 6.45) is 8.99. The van der Waals surface area contributed by atoms with Gasteiger partial charge < -0.3 is 108 Å². The quantitative estimate of drug-likeness (QED) is 0.0259. The minimum absolute atomic E-state index is 0.0323. The second-order valence-corrected chi connectivity index (χ2v) is 49.4. The fourth-order valence-corrected chi connectivity index (χ4v) is 24.5. The van der Waals surface area contributed by atoms with Crippen LogP contribution in [0.2, 0.25) is 0 Å². The number of hydrogen-bond acceptors (Lipinski definition) is 31. The molecule has 8 amide bonds. The van der Waals surface area contributed by atoms with E-state index in [1.807, 2.05) is 67.2 Å². The van der Waals surface area contributed by atoms with Crippen molar-refractivity contribution in [3.63, 3.8) is 0 Å². The molecule has 6 aromatic rings. The van der Waals surface area contributed by atoms with Gasteiger partial charge in [0.1, 0.15) is 109 Å². The number of nitrogens with zero attached hydrogens (tertiary/aromatic N) is 10. The van der Waals surface area contributed by atoms with Gasteiger partial charge in [-0.1, -0.05) is 86.6 Å². The minimum atomic E-state index is -3.60. The molecule has 16 rings (SSSR count). The number of hydrogen-bond donors (Lipinski definition) is 10. The van der Waals surface area contributed by atoms with E-state index in [4.69, 9.17) is 67.6 Å². The Morgan fingerprint density at radius 3 is 0.966 bits per heavy atom. The molecule has 45 nitrogen and oxygen atoms in total. The first kappa shape index (κ1) is 116. The molecule has 4 saturated heterocycles. The molecule has 51 heteroatoms. The Morgan fingerprint density at radius 2 is 0.678 bits per heavy atom. The number of amidine groups is 6. The standard InChI is InChI=1S/C18H26N4O4S.C17H24N4O4S.C16H23N3O5S.C16H21N3O4S.C16H23N3O4S.C15H19N3O4S/c1-18(2,3)20-17(23)22-9-5-7-13(22)10-26-14-8-4-6-12-11-27(24,25)21-16(19)15(12)14;1-11(2)19-17(22)21-8-4-6-13(21)9-25-14-7-3-5-12-10-26(23,24)20-16(18)15(12)14;1-16(2,15(20)18-7-8-23-3)10-24-12-6-4-5-11-9-25(21,22)19-14(17)13(11)12;1-2-14(20)19-8-4-6-12(19)9-23-13-7-3-5-11-10-24(21,22)18-16(17)15(11)13;1-4-6-13(20)18-16(2,3)10-23-12-8-5-7-11-9-24(21,22)19-15(17)14(11)12;1-10(19)18-7-3-5-12(18)8-22-13-6-2-4-11-9-23(20,21)17-15(16)14(11)13/h4,6,8,13H,5,7,9-11H2,1-3H3,(H2,19,21)(H,20,23);3,5,7,11,13H,4,6,8-10H2,1-2H3,(H2,18,20)(H,19,22);4-6H,7-10H2,1-3H3,(H2,17,19)(H,18,20);3,5,7,12H,2,4,6,8-10H2,1H3,(H2,17,18);5,7-8H,4,6,9-10H2,1-3H3,(H2,17,19)(H,18,20);2,4,6,12H,3,5,7-9H2,1H3,(H2,16,17)/t2*13-;;12-;;12-/m11.0.0/s1. The zero-order valence-electron chi connectivity index (χ0n) is 85.9. The van der Waals surface area contributed by atoms with E-state index in [2.05, 4.69) is 47.7 Å². The Bertz CT molecular complexity index is 6930. The van der Waals surface area contributed by atoms with Crippen molar-refractivity contribution in [2.75, 3.05) is 86.1 Å². The van der Waals surface area contributed by atoms with Crippen LogP contribution >= 0.6 is 0 Å². The monoisotopic (exact) mass is 2180 g/mol. The van der Waals surface area contributed by atoms with Crippen molar-refractivity contribution < 1.29 is 112 Å². The molecule has 6 aromatic carbocycles. The maximum absolute atomic E-state index is 12.5. The van der Waals surface area contributed by atoms with Crippen molar-refractivity contribution in [1.82, 2.24) is 40.9 Å². The van der Waals surface area contributed by atoms with E-state index in [0.717, 1.165) is 70.9 Å². The second kappa shape index (κ2) is 49.2. The Balaban J connectivity index is 0.000000170. The number of amides is 8. The molecule has 4 fully saturated rings. The van der Waals surface area contributed by atoms with Crippen molar-refractivity contribution in [3.05, 3.63) is 176 Å². The van der Waals surface area contributed by atoms with Gasteiger partial charge in [-0.05, 0) is 190 Å². The molecule has 0 radical (unpaired) electrons. The van der Waals surface area contributed by atoms with Crippen LogP contribution in [0.5, 0.6) is 34.5 Å². The summed E-state index contributed by atoms with van der Waals surface area (Å²) < 4.78 is 202. The Hall–Kier alpha value is -13.0. The van der Waals surface area contributed by atoms with Crippen LogP contribution in [0.4, 0.5) is 9.59 Å². The van der Waals surface area contributed by atoms with Gasteiger partial charge in [-0.15, -0.1) is 26.4 Å². The summed E-state index contributed by atoms with van der Waals surface area (Å²) >= 11 is 0. The van der Waals surface area contributed by atoms with E-state index in [1.165, 1.54) is 0 Å². The molecule has 10 heterocycles. The van der Waals surface area contributed by atoms with Crippen LogP contribution in [0.3, 0.4) is 0 Å². The predicted molar refractivity (Wildman–Crippen MR) is 564 cm³/mol. The molecule has 0 bridgehead atoms. The number of nitrogens with two attached hydrogens (primary N) is 6. The molecule has 0 unspecified atom stereocenters. The maximum atomic E-state index is 12.5. The third kappa shape index (κ3) is 32.1. The number of carbonyl (C=O) groups excluding carboxylic acids is 6. The van der Waals surface area contributed by atoms with Crippen molar-refractivity contribution in [2.45, 2.75) is 230 Å². The Kier molecular flexibility index (Phi) is 38.4. The first-order chi connectivity index (χ1) is 69.9. The van der Waals surface area contributed by atoms with Crippen LogP contribution in [0.1, 0.15) is 220 Å². The predicted octanol–water partition coefficient (Wildman–Crippen LogP) is 6.14. The van der Waals surface area contributed by atoms with Crippen molar-refractivity contribution in [3.8, 4) is 34.5 Å². The third-order valence-electron chi connectivity index (χ3n) is 24.7. The van der Waals surface area contributed by atoms with Gasteiger partial charge in [-0.2, -0.15) is 0 Å². The average molecular weight is 2190 g/mol. The van der Waals surface area contributed by atoms with E-state index >= 15 is 0 Å². The molecule has 4 atom stereocenters. The van der Waals surface area contributed by atoms with E-state index < -0.39 is 71.1 Å². The number of rotatable bonds is 27. The van der Waals surface area contributed by atoms with Gasteiger partial charge in [0, 0.05) is 71.2 Å². The van der Waals surface area contributed by atoms with Crippen LogP contribution in [-0.2, 0) is 119 Å². The lowest BCUT2D eigenvalue weighted by Crippen LogP contribution is -2.51. The van der Waals surface area contributed by atoms with Gasteiger partial charge in [0.15, 0.2) is 0 Å². The number of likely N-dealkylation sites (tertiary alicyclic amines) is 4. The first-order valence-corrected chi connectivity index (χ1v) is 58.4. The molecule has 10 aliphatic rings. The third-order valence-corrected chi connectivity index (χ3v) is 31.6. The average Bonchev–Trinajstić information content (AvgIpc) is 1.74. The number of sulfonamides is 6. The molecule has 0 saturated carbocycles. The summed E-state index contributed by atoms with van der Waals surface area (Å²) in [7, 11) is -19.9. The van der Waals surface area contributed by atoms with Crippen LogP contribution in [0, 0.1) is 5.41 Å². The lowest BCUT2D eigenvalue weighted by atomic mass is 9.93. The molecule has 814 valence electrons. The second-order valence-electron chi connectivity index (χ2n) is 39.6. The fraction of sp³-hybridized carbons (Fsp3) is 0.510. The summed E-state index contributed by atoms with van der Waals surface area (Å²) in [4.78, 5) is 79.5. The van der Waals surface area contributed by atoms with E-state index in [1.54, 1.807) is 152 Å². The van der Waals surface area contributed by atoms with Gasteiger partial charge in [0.05, 0.1) is 110 Å². The van der Waals surface area contributed by atoms with E-state index in [9.17, 15) is 79.3 Å².